The van der Waals surface area contributed by atoms with Crippen molar-refractivity contribution in [3.8, 4) is 0 Å². The molecule has 2 atom stereocenters. The Bertz CT molecular complexity index is 1060. The maximum atomic E-state index is 12.5. The van der Waals surface area contributed by atoms with Crippen LogP contribution >= 0.6 is 0 Å². The number of aryl methyl sites for hydroxylation is 2. The summed E-state index contributed by atoms with van der Waals surface area (Å²) in [4.78, 5) is 14.4. The van der Waals surface area contributed by atoms with E-state index in [0.29, 0.717) is 6.42 Å². The van der Waals surface area contributed by atoms with Gasteiger partial charge in [0.25, 0.3) is 0 Å². The van der Waals surface area contributed by atoms with Gasteiger partial charge in [-0.05, 0) is 41.5 Å². The van der Waals surface area contributed by atoms with E-state index in [1.807, 2.05) is 41.0 Å². The fourth-order valence-corrected chi connectivity index (χ4v) is 5.16. The van der Waals surface area contributed by atoms with E-state index in [1.165, 1.54) is 41.5 Å². The topological polar surface area (TPSA) is 50.2 Å². The second-order valence-corrected chi connectivity index (χ2v) is 8.96. The fourth-order valence-electron chi connectivity index (χ4n) is 5.16. The van der Waals surface area contributed by atoms with Crippen molar-refractivity contribution in [2.45, 2.75) is 44.8 Å². The quantitative estimate of drug-likeness (QED) is 0.641. The van der Waals surface area contributed by atoms with Crippen LogP contribution in [0.1, 0.15) is 46.7 Å². The average molecular weight is 415 g/mol. The number of carbonyl (C=O) groups excluding carboxylic acids is 1. The van der Waals surface area contributed by atoms with Crippen LogP contribution in [0.25, 0.3) is 0 Å². The van der Waals surface area contributed by atoms with Crippen molar-refractivity contribution >= 4 is 5.91 Å². The van der Waals surface area contributed by atoms with Crippen LogP contribution in [-0.2, 0) is 30.7 Å². The smallest absolute Gasteiger partial charge is 0.223 e. The van der Waals surface area contributed by atoms with Gasteiger partial charge in [0.2, 0.25) is 5.91 Å². The number of hydrogen-bond donors (Lipinski definition) is 1. The van der Waals surface area contributed by atoms with Gasteiger partial charge >= 0.3 is 0 Å². The Morgan fingerprint density at radius 2 is 1.90 bits per heavy atom. The van der Waals surface area contributed by atoms with Gasteiger partial charge in [0.05, 0.1) is 18.8 Å². The SMILES string of the molecule is CN1C(=O)C[C@H](CNCc2ccc3c(c2)CCC3)[C@H]1c1cnn(Cc2ccccc2)c1. The maximum absolute atomic E-state index is 12.5. The van der Waals surface area contributed by atoms with E-state index in [-0.39, 0.29) is 17.9 Å². The summed E-state index contributed by atoms with van der Waals surface area (Å²) in [7, 11) is 1.92. The normalized spacial score (nSPS) is 20.4. The molecule has 0 unspecified atom stereocenters. The van der Waals surface area contributed by atoms with Crippen molar-refractivity contribution in [3.05, 3.63) is 88.7 Å². The predicted octanol–water partition coefficient (Wildman–Crippen LogP) is 3.73. The summed E-state index contributed by atoms with van der Waals surface area (Å²) in [6.07, 6.45) is 8.32. The van der Waals surface area contributed by atoms with Gasteiger partial charge in [-0.25, -0.2) is 0 Å². The lowest BCUT2D eigenvalue weighted by atomic mass is 9.95. The van der Waals surface area contributed by atoms with E-state index in [4.69, 9.17) is 0 Å². The zero-order chi connectivity index (χ0) is 21.2. The first-order valence-electron chi connectivity index (χ1n) is 11.3. The van der Waals surface area contributed by atoms with Gasteiger partial charge in [0.1, 0.15) is 0 Å². The van der Waals surface area contributed by atoms with Crippen LogP contribution < -0.4 is 5.32 Å². The third kappa shape index (κ3) is 4.28. The Hall–Kier alpha value is -2.92. The van der Waals surface area contributed by atoms with Gasteiger partial charge in [-0.1, -0.05) is 48.5 Å². The summed E-state index contributed by atoms with van der Waals surface area (Å²) < 4.78 is 1.97. The molecule has 2 aromatic carbocycles. The molecule has 1 amide bonds. The number of nitrogens with one attached hydrogen (secondary N) is 1. The minimum Gasteiger partial charge on any atom is -0.338 e. The molecule has 31 heavy (non-hydrogen) atoms. The lowest BCUT2D eigenvalue weighted by Gasteiger charge is -2.24. The Morgan fingerprint density at radius 3 is 2.77 bits per heavy atom. The van der Waals surface area contributed by atoms with E-state index in [2.05, 4.69) is 46.9 Å². The van der Waals surface area contributed by atoms with Gasteiger partial charge in [-0.3, -0.25) is 9.48 Å². The molecule has 1 aliphatic carbocycles. The molecule has 0 radical (unpaired) electrons. The minimum atomic E-state index is 0.0737. The van der Waals surface area contributed by atoms with E-state index in [1.54, 1.807) is 0 Å². The van der Waals surface area contributed by atoms with Gasteiger partial charge in [-0.15, -0.1) is 0 Å². The zero-order valence-electron chi connectivity index (χ0n) is 18.1. The molecular formula is C26H30N4O. The number of aromatic nitrogens is 2. The van der Waals surface area contributed by atoms with E-state index >= 15 is 0 Å². The standard InChI is InChI=1S/C26H30N4O/c1-29-25(31)13-23(15-27-14-20-10-11-21-8-5-9-22(21)12-20)26(29)24-16-28-30(18-24)17-19-6-3-2-4-7-19/h2-4,6-7,10-12,16,18,23,26-27H,5,8-9,13-15,17H2,1H3/t23-,26+/m1/s1. The first kappa shape index (κ1) is 20.0. The highest BCUT2D eigenvalue weighted by Crippen LogP contribution is 2.36. The third-order valence-corrected chi connectivity index (χ3v) is 6.77. The Morgan fingerprint density at radius 1 is 1.06 bits per heavy atom. The average Bonchev–Trinajstić information content (AvgIpc) is 3.49. The summed E-state index contributed by atoms with van der Waals surface area (Å²) in [6.45, 7) is 2.41. The molecule has 2 aliphatic rings. The van der Waals surface area contributed by atoms with E-state index in [9.17, 15) is 4.79 Å². The molecule has 1 fully saturated rings. The van der Waals surface area contributed by atoms with Crippen molar-refractivity contribution < 1.29 is 4.79 Å². The lowest BCUT2D eigenvalue weighted by Crippen LogP contribution is -2.29. The van der Waals surface area contributed by atoms with Crippen molar-refractivity contribution in [1.82, 2.24) is 20.0 Å². The largest absolute Gasteiger partial charge is 0.338 e. The summed E-state index contributed by atoms with van der Waals surface area (Å²) in [6, 6.07) is 17.3. The number of carbonyl (C=O) groups is 1. The van der Waals surface area contributed by atoms with Gasteiger partial charge in [0, 0.05) is 44.2 Å². The molecule has 5 nitrogen and oxygen atoms in total. The first-order valence-corrected chi connectivity index (χ1v) is 11.3. The molecule has 0 spiro atoms. The summed E-state index contributed by atoms with van der Waals surface area (Å²) in [5.41, 5.74) is 6.71. The molecule has 1 saturated heterocycles. The molecule has 1 aliphatic heterocycles. The second kappa shape index (κ2) is 8.67. The molecule has 0 bridgehead atoms. The molecule has 2 heterocycles. The molecule has 0 saturated carbocycles. The van der Waals surface area contributed by atoms with Crippen LogP contribution in [-0.4, -0.2) is 34.2 Å². The highest BCUT2D eigenvalue weighted by atomic mass is 16.2. The predicted molar refractivity (Wildman–Crippen MR) is 122 cm³/mol. The molecular weight excluding hydrogens is 384 g/mol. The zero-order valence-corrected chi connectivity index (χ0v) is 18.1. The van der Waals surface area contributed by atoms with Crippen LogP contribution in [0.2, 0.25) is 0 Å². The van der Waals surface area contributed by atoms with Gasteiger partial charge < -0.3 is 10.2 Å². The number of nitrogens with zero attached hydrogens (tertiary/aromatic N) is 3. The van der Waals surface area contributed by atoms with Crippen molar-refractivity contribution in [2.24, 2.45) is 5.92 Å². The Kier molecular flexibility index (Phi) is 5.60. The van der Waals surface area contributed by atoms with Crippen molar-refractivity contribution in [2.75, 3.05) is 13.6 Å². The van der Waals surface area contributed by atoms with Crippen LogP contribution in [0, 0.1) is 5.92 Å². The van der Waals surface area contributed by atoms with E-state index in [0.717, 1.165) is 25.2 Å². The van der Waals surface area contributed by atoms with Crippen molar-refractivity contribution in [1.29, 1.82) is 0 Å². The van der Waals surface area contributed by atoms with E-state index < -0.39 is 0 Å². The van der Waals surface area contributed by atoms with Gasteiger partial charge in [-0.2, -0.15) is 5.10 Å². The molecule has 5 rings (SSSR count). The molecule has 1 aromatic heterocycles. The van der Waals surface area contributed by atoms with Crippen LogP contribution in [0.3, 0.4) is 0 Å². The van der Waals surface area contributed by atoms with Gasteiger partial charge in [0.15, 0.2) is 0 Å². The number of hydrogen-bond acceptors (Lipinski definition) is 3. The monoisotopic (exact) mass is 414 g/mol. The second-order valence-electron chi connectivity index (χ2n) is 8.96. The highest BCUT2D eigenvalue weighted by Gasteiger charge is 2.38. The lowest BCUT2D eigenvalue weighted by molar-refractivity contribution is -0.127. The Balaban J connectivity index is 1.24. The van der Waals surface area contributed by atoms with Crippen molar-refractivity contribution in [3.63, 3.8) is 0 Å². The number of amides is 1. The number of rotatable bonds is 7. The molecule has 160 valence electrons. The molecule has 5 heteroatoms. The highest BCUT2D eigenvalue weighted by molar-refractivity contribution is 5.79. The first-order chi connectivity index (χ1) is 15.2. The summed E-state index contributed by atoms with van der Waals surface area (Å²) >= 11 is 0. The van der Waals surface area contributed by atoms with Crippen LogP contribution in [0.5, 0.6) is 0 Å². The molecule has 3 aromatic rings. The fraction of sp³-hybridized carbons (Fsp3) is 0.385. The summed E-state index contributed by atoms with van der Waals surface area (Å²) in [5.74, 6) is 0.464. The number of likely N-dealkylation sites (tertiary alicyclic amines) is 1. The number of fused-ring (bicyclic) bond motifs is 1. The summed E-state index contributed by atoms with van der Waals surface area (Å²) in [5, 5.41) is 8.19. The number of benzene rings is 2. The maximum Gasteiger partial charge on any atom is 0.223 e. The third-order valence-electron chi connectivity index (χ3n) is 6.77. The van der Waals surface area contributed by atoms with Crippen LogP contribution in [0.15, 0.2) is 60.9 Å². The molecule has 1 N–H and O–H groups in total. The van der Waals surface area contributed by atoms with Crippen LogP contribution in [0.4, 0.5) is 0 Å². The minimum absolute atomic E-state index is 0.0737. The Labute approximate surface area is 184 Å².